The SMILES string of the molecule is O=C(CC12CCC(C(=O)O)(CC1)CC2)N1CCc2c(n(Cc3csc(C(F)(F)F)c3)c3ncccc23)C1. The number of nitrogens with zero attached hydrogens (tertiary/aromatic N) is 3. The molecule has 0 saturated heterocycles. The molecular weight excluding hydrogens is 503 g/mol. The molecule has 6 nitrogen and oxygen atoms in total. The maximum atomic E-state index is 13.5. The van der Waals surface area contributed by atoms with Crippen LogP contribution < -0.4 is 0 Å². The predicted molar refractivity (Wildman–Crippen MR) is 132 cm³/mol. The van der Waals surface area contributed by atoms with Gasteiger partial charge in [0.2, 0.25) is 5.91 Å². The Hall–Kier alpha value is -2.88. The normalized spacial score (nSPS) is 25.4. The van der Waals surface area contributed by atoms with E-state index in [0.717, 1.165) is 41.6 Å². The van der Waals surface area contributed by atoms with Gasteiger partial charge in [-0.3, -0.25) is 9.59 Å². The van der Waals surface area contributed by atoms with Crippen LogP contribution in [0.25, 0.3) is 11.0 Å². The number of fused-ring (bicyclic) bond motifs is 6. The predicted octanol–water partition coefficient (Wildman–Crippen LogP) is 5.86. The number of hydrogen-bond donors (Lipinski definition) is 1. The maximum Gasteiger partial charge on any atom is 0.425 e. The van der Waals surface area contributed by atoms with Crippen LogP contribution in [0.4, 0.5) is 13.2 Å². The lowest BCUT2D eigenvalue weighted by molar-refractivity contribution is -0.160. The summed E-state index contributed by atoms with van der Waals surface area (Å²) >= 11 is 0.693. The molecule has 3 aliphatic carbocycles. The van der Waals surface area contributed by atoms with E-state index in [1.165, 1.54) is 11.4 Å². The lowest BCUT2D eigenvalue weighted by atomic mass is 9.53. The summed E-state index contributed by atoms with van der Waals surface area (Å²) in [6.45, 7) is 1.25. The molecule has 0 radical (unpaired) electrons. The molecule has 0 aromatic carbocycles. The zero-order valence-corrected chi connectivity index (χ0v) is 21.1. The number of carboxylic acids is 1. The van der Waals surface area contributed by atoms with Gasteiger partial charge in [-0.05, 0) is 85.1 Å². The third-order valence-electron chi connectivity index (χ3n) is 9.02. The zero-order chi connectivity index (χ0) is 26.0. The number of amides is 1. The van der Waals surface area contributed by atoms with E-state index in [0.29, 0.717) is 62.1 Å². The molecule has 1 N–H and O–H groups in total. The largest absolute Gasteiger partial charge is 0.481 e. The van der Waals surface area contributed by atoms with Crippen LogP contribution in [0, 0.1) is 10.8 Å². The molecule has 3 aromatic rings. The van der Waals surface area contributed by atoms with Crippen LogP contribution in [0.15, 0.2) is 29.8 Å². The minimum Gasteiger partial charge on any atom is -0.481 e. The van der Waals surface area contributed by atoms with Crippen molar-refractivity contribution in [3.63, 3.8) is 0 Å². The first kappa shape index (κ1) is 24.5. The lowest BCUT2D eigenvalue weighted by Crippen LogP contribution is -2.48. The van der Waals surface area contributed by atoms with Crippen LogP contribution in [-0.4, -0.2) is 38.0 Å². The molecule has 4 heterocycles. The molecule has 3 saturated carbocycles. The molecular formula is C27H28F3N3O3S. The number of carbonyl (C=O) groups excluding carboxylic acids is 1. The minimum atomic E-state index is -4.37. The average Bonchev–Trinajstić information content (AvgIpc) is 3.48. The van der Waals surface area contributed by atoms with Gasteiger partial charge in [-0.2, -0.15) is 13.2 Å². The molecule has 196 valence electrons. The number of thiophene rings is 1. The van der Waals surface area contributed by atoms with Gasteiger partial charge in [-0.25, -0.2) is 4.98 Å². The van der Waals surface area contributed by atoms with Gasteiger partial charge in [0.15, 0.2) is 0 Å². The van der Waals surface area contributed by atoms with E-state index >= 15 is 0 Å². The van der Waals surface area contributed by atoms with Crippen molar-refractivity contribution in [2.45, 2.75) is 70.6 Å². The van der Waals surface area contributed by atoms with Crippen molar-refractivity contribution in [2.24, 2.45) is 10.8 Å². The number of carboxylic acid groups (broad SMARTS) is 1. The molecule has 1 amide bonds. The van der Waals surface area contributed by atoms with Gasteiger partial charge in [0.1, 0.15) is 10.5 Å². The highest BCUT2D eigenvalue weighted by Crippen LogP contribution is 2.58. The number of aromatic nitrogens is 2. The second-order valence-electron chi connectivity index (χ2n) is 11.0. The van der Waals surface area contributed by atoms with Gasteiger partial charge < -0.3 is 14.6 Å². The monoisotopic (exact) mass is 531 g/mol. The summed E-state index contributed by atoms with van der Waals surface area (Å²) in [7, 11) is 0. The van der Waals surface area contributed by atoms with Gasteiger partial charge in [0, 0.05) is 30.2 Å². The zero-order valence-electron chi connectivity index (χ0n) is 20.3. The average molecular weight is 532 g/mol. The Labute approximate surface area is 216 Å². The highest BCUT2D eigenvalue weighted by molar-refractivity contribution is 7.10. The van der Waals surface area contributed by atoms with Gasteiger partial charge in [-0.1, -0.05) is 0 Å². The smallest absolute Gasteiger partial charge is 0.425 e. The van der Waals surface area contributed by atoms with Crippen molar-refractivity contribution in [1.82, 2.24) is 14.5 Å². The molecule has 0 atom stereocenters. The van der Waals surface area contributed by atoms with Crippen LogP contribution in [-0.2, 0) is 35.3 Å². The van der Waals surface area contributed by atoms with E-state index in [-0.39, 0.29) is 17.9 Å². The second-order valence-corrected chi connectivity index (χ2v) is 11.9. The summed E-state index contributed by atoms with van der Waals surface area (Å²) in [5.41, 5.74) is 2.61. The van der Waals surface area contributed by atoms with Crippen LogP contribution in [0.2, 0.25) is 0 Å². The van der Waals surface area contributed by atoms with Crippen molar-refractivity contribution in [1.29, 1.82) is 0 Å². The summed E-state index contributed by atoms with van der Waals surface area (Å²) in [4.78, 5) is 31.1. The van der Waals surface area contributed by atoms with Gasteiger partial charge >= 0.3 is 12.1 Å². The lowest BCUT2D eigenvalue weighted by Gasteiger charge is -2.51. The first-order valence-electron chi connectivity index (χ1n) is 12.7. The first-order valence-corrected chi connectivity index (χ1v) is 13.6. The van der Waals surface area contributed by atoms with Crippen LogP contribution >= 0.6 is 11.3 Å². The summed E-state index contributed by atoms with van der Waals surface area (Å²) in [5.74, 6) is -0.625. The third-order valence-corrected chi connectivity index (χ3v) is 10.0. The molecule has 7 rings (SSSR count). The second kappa shape index (κ2) is 8.58. The molecule has 37 heavy (non-hydrogen) atoms. The fourth-order valence-electron chi connectivity index (χ4n) is 6.71. The van der Waals surface area contributed by atoms with Crippen molar-refractivity contribution in [2.75, 3.05) is 6.54 Å². The molecule has 0 spiro atoms. The quantitative estimate of drug-likeness (QED) is 0.447. The van der Waals surface area contributed by atoms with E-state index in [1.807, 2.05) is 21.6 Å². The highest BCUT2D eigenvalue weighted by atomic mass is 32.1. The van der Waals surface area contributed by atoms with Crippen LogP contribution in [0.1, 0.15) is 66.6 Å². The minimum absolute atomic E-state index is 0.0787. The number of carbonyl (C=O) groups is 2. The third kappa shape index (κ3) is 4.13. The number of halogens is 3. The summed E-state index contributed by atoms with van der Waals surface area (Å²) in [5, 5.41) is 12.2. The summed E-state index contributed by atoms with van der Waals surface area (Å²) in [6, 6.07) is 5.04. The number of alkyl halides is 3. The molecule has 4 aliphatic rings. The summed E-state index contributed by atoms with van der Waals surface area (Å²) in [6.07, 6.45) is 2.64. The van der Waals surface area contributed by atoms with E-state index in [4.69, 9.17) is 0 Å². The Morgan fingerprint density at radius 1 is 1.14 bits per heavy atom. The van der Waals surface area contributed by atoms with E-state index < -0.39 is 22.4 Å². The molecule has 0 unspecified atom stereocenters. The van der Waals surface area contributed by atoms with Crippen molar-refractivity contribution >= 4 is 34.2 Å². The Bertz CT molecular complexity index is 1370. The van der Waals surface area contributed by atoms with E-state index in [1.54, 1.807) is 6.20 Å². The van der Waals surface area contributed by atoms with Crippen molar-refractivity contribution in [3.05, 3.63) is 51.5 Å². The van der Waals surface area contributed by atoms with Crippen molar-refractivity contribution in [3.8, 4) is 0 Å². The van der Waals surface area contributed by atoms with E-state index in [2.05, 4.69) is 4.98 Å². The van der Waals surface area contributed by atoms with Crippen molar-refractivity contribution < 1.29 is 27.9 Å². The number of aliphatic carboxylic acids is 1. The molecule has 3 fully saturated rings. The Kier molecular flexibility index (Phi) is 5.67. The standard InChI is InChI=1S/C27H28F3N3O3S/c28-27(29,30)21-12-17(16-37-21)14-33-20-15-32(11-3-18(20)19-2-1-10-31-23(19)33)22(34)13-25-4-7-26(8-5-25,9-6-25)24(35)36/h1-2,10,12,16H,3-9,11,13-15H2,(H,35,36). The number of pyridine rings is 1. The van der Waals surface area contributed by atoms with Gasteiger partial charge in [0.05, 0.1) is 18.5 Å². The maximum absolute atomic E-state index is 13.5. The highest BCUT2D eigenvalue weighted by Gasteiger charge is 2.53. The van der Waals surface area contributed by atoms with Gasteiger partial charge in [0.25, 0.3) is 0 Å². The fraction of sp³-hybridized carbons (Fsp3) is 0.519. The molecule has 10 heteroatoms. The fourth-order valence-corrected chi connectivity index (χ4v) is 7.49. The number of hydrogen-bond acceptors (Lipinski definition) is 4. The topological polar surface area (TPSA) is 75.4 Å². The Morgan fingerprint density at radius 3 is 2.51 bits per heavy atom. The van der Waals surface area contributed by atoms with E-state index in [9.17, 15) is 27.9 Å². The first-order chi connectivity index (χ1) is 17.6. The van der Waals surface area contributed by atoms with Crippen LogP contribution in [0.3, 0.4) is 0 Å². The molecule has 1 aliphatic heterocycles. The number of rotatable bonds is 5. The van der Waals surface area contributed by atoms with Crippen LogP contribution in [0.5, 0.6) is 0 Å². The Balaban J connectivity index is 1.24. The van der Waals surface area contributed by atoms with Gasteiger partial charge in [-0.15, -0.1) is 11.3 Å². The molecule has 2 bridgehead atoms. The summed E-state index contributed by atoms with van der Waals surface area (Å²) < 4.78 is 41.5. The molecule has 3 aromatic heterocycles. The Morgan fingerprint density at radius 2 is 1.86 bits per heavy atom.